The lowest BCUT2D eigenvalue weighted by Crippen LogP contribution is -2.40. The monoisotopic (exact) mass is 294 g/mol. The molecule has 1 N–H and O–H groups in total. The van der Waals surface area contributed by atoms with Crippen molar-refractivity contribution >= 4 is 5.97 Å². The van der Waals surface area contributed by atoms with E-state index in [1.165, 1.54) is 0 Å². The third-order valence-electron chi connectivity index (χ3n) is 4.08. The molecular weight excluding hydrogens is 272 g/mol. The first kappa shape index (κ1) is 15.7. The molecule has 0 aliphatic carbocycles. The molecule has 1 fully saturated rings. The molecule has 6 nitrogen and oxygen atoms in total. The van der Waals surface area contributed by atoms with Crippen LogP contribution in [-0.2, 0) is 16.1 Å². The molecule has 1 saturated heterocycles. The van der Waals surface area contributed by atoms with Crippen molar-refractivity contribution in [2.24, 2.45) is 5.92 Å². The maximum atomic E-state index is 11.2. The number of pyridine rings is 1. The summed E-state index contributed by atoms with van der Waals surface area (Å²) >= 11 is 0. The van der Waals surface area contributed by atoms with Crippen molar-refractivity contribution in [1.29, 1.82) is 0 Å². The number of ether oxygens (including phenoxy) is 2. The van der Waals surface area contributed by atoms with E-state index >= 15 is 0 Å². The smallest absolute Gasteiger partial charge is 0.310 e. The number of rotatable bonds is 5. The largest absolute Gasteiger partial charge is 0.496 e. The van der Waals surface area contributed by atoms with Gasteiger partial charge in [0, 0.05) is 29.9 Å². The number of hydrogen-bond acceptors (Lipinski definition) is 5. The number of aromatic nitrogens is 1. The topological polar surface area (TPSA) is 71.9 Å². The highest BCUT2D eigenvalue weighted by Crippen LogP contribution is 2.26. The van der Waals surface area contributed by atoms with Crippen LogP contribution in [0.4, 0.5) is 0 Å². The van der Waals surface area contributed by atoms with Crippen LogP contribution < -0.4 is 4.74 Å². The number of likely N-dealkylation sites (N-methyl/N-ethyl adjacent to an activating group) is 1. The van der Waals surface area contributed by atoms with Crippen LogP contribution in [0.1, 0.15) is 16.8 Å². The molecular formula is C15H22N2O4. The van der Waals surface area contributed by atoms with E-state index in [9.17, 15) is 9.90 Å². The lowest BCUT2D eigenvalue weighted by atomic mass is 10.0. The molecule has 2 heterocycles. The van der Waals surface area contributed by atoms with E-state index in [0.29, 0.717) is 13.2 Å². The highest BCUT2D eigenvalue weighted by Gasteiger charge is 2.36. The SMILES string of the molecule is COc1c(C)cnc(CN(C)C2COCC2C(=O)O)c1C. The molecule has 21 heavy (non-hydrogen) atoms. The number of carboxylic acid groups (broad SMARTS) is 1. The van der Waals surface area contributed by atoms with Gasteiger partial charge in [-0.3, -0.25) is 14.7 Å². The summed E-state index contributed by atoms with van der Waals surface area (Å²) in [6, 6.07) is -0.129. The second kappa shape index (κ2) is 6.41. The Morgan fingerprint density at radius 1 is 1.52 bits per heavy atom. The fourth-order valence-corrected chi connectivity index (χ4v) is 2.80. The first-order chi connectivity index (χ1) is 9.95. The summed E-state index contributed by atoms with van der Waals surface area (Å²) in [4.78, 5) is 17.7. The molecule has 1 aliphatic rings. The number of hydrogen-bond donors (Lipinski definition) is 1. The van der Waals surface area contributed by atoms with Crippen LogP contribution in [0.25, 0.3) is 0 Å². The predicted molar refractivity (Wildman–Crippen MR) is 77.5 cm³/mol. The van der Waals surface area contributed by atoms with Crippen molar-refractivity contribution < 1.29 is 19.4 Å². The summed E-state index contributed by atoms with van der Waals surface area (Å²) in [5.41, 5.74) is 2.89. The number of carbonyl (C=O) groups is 1. The van der Waals surface area contributed by atoms with Crippen LogP contribution >= 0.6 is 0 Å². The second-order valence-corrected chi connectivity index (χ2v) is 5.51. The summed E-state index contributed by atoms with van der Waals surface area (Å²) in [5, 5.41) is 9.23. The number of carboxylic acids is 1. The van der Waals surface area contributed by atoms with Crippen LogP contribution in [0.15, 0.2) is 6.20 Å². The van der Waals surface area contributed by atoms with E-state index in [0.717, 1.165) is 22.6 Å². The van der Waals surface area contributed by atoms with Gasteiger partial charge in [-0.05, 0) is 20.9 Å². The summed E-state index contributed by atoms with van der Waals surface area (Å²) < 4.78 is 10.7. The van der Waals surface area contributed by atoms with Crippen molar-refractivity contribution in [3.63, 3.8) is 0 Å². The minimum atomic E-state index is -0.810. The van der Waals surface area contributed by atoms with E-state index < -0.39 is 11.9 Å². The van der Waals surface area contributed by atoms with Crippen molar-refractivity contribution in [2.45, 2.75) is 26.4 Å². The molecule has 1 aliphatic heterocycles. The van der Waals surface area contributed by atoms with Crippen molar-refractivity contribution in [2.75, 3.05) is 27.4 Å². The lowest BCUT2D eigenvalue weighted by Gasteiger charge is -2.26. The van der Waals surface area contributed by atoms with Crippen LogP contribution in [0.3, 0.4) is 0 Å². The van der Waals surface area contributed by atoms with Gasteiger partial charge in [-0.25, -0.2) is 0 Å². The first-order valence-corrected chi connectivity index (χ1v) is 6.95. The van der Waals surface area contributed by atoms with Crippen molar-refractivity contribution in [3.8, 4) is 5.75 Å². The molecule has 0 bridgehead atoms. The van der Waals surface area contributed by atoms with Crippen LogP contribution in [0, 0.1) is 19.8 Å². The summed E-state index contributed by atoms with van der Waals surface area (Å²) in [6.45, 7) is 5.21. The van der Waals surface area contributed by atoms with Crippen LogP contribution in [0.2, 0.25) is 0 Å². The van der Waals surface area contributed by atoms with E-state index in [-0.39, 0.29) is 12.6 Å². The molecule has 2 rings (SSSR count). The third-order valence-corrected chi connectivity index (χ3v) is 4.08. The lowest BCUT2D eigenvalue weighted by molar-refractivity contribution is -0.143. The van der Waals surface area contributed by atoms with E-state index in [4.69, 9.17) is 9.47 Å². The Morgan fingerprint density at radius 3 is 2.86 bits per heavy atom. The Kier molecular flexibility index (Phi) is 4.80. The number of methoxy groups -OCH3 is 1. The molecule has 2 atom stereocenters. The molecule has 1 aromatic heterocycles. The van der Waals surface area contributed by atoms with Gasteiger partial charge in [-0.2, -0.15) is 0 Å². The summed E-state index contributed by atoms with van der Waals surface area (Å²) in [5.74, 6) is -0.455. The van der Waals surface area contributed by atoms with Gasteiger partial charge in [0.15, 0.2) is 0 Å². The normalized spacial score (nSPS) is 21.8. The maximum Gasteiger partial charge on any atom is 0.310 e. The minimum Gasteiger partial charge on any atom is -0.496 e. The van der Waals surface area contributed by atoms with Gasteiger partial charge in [0.05, 0.1) is 31.9 Å². The Balaban J connectivity index is 2.16. The average molecular weight is 294 g/mol. The van der Waals surface area contributed by atoms with Gasteiger partial charge >= 0.3 is 5.97 Å². The highest BCUT2D eigenvalue weighted by molar-refractivity contribution is 5.71. The van der Waals surface area contributed by atoms with Crippen LogP contribution in [-0.4, -0.2) is 54.4 Å². The molecule has 116 valence electrons. The highest BCUT2D eigenvalue weighted by atomic mass is 16.5. The zero-order chi connectivity index (χ0) is 15.6. The molecule has 0 saturated carbocycles. The Morgan fingerprint density at radius 2 is 2.24 bits per heavy atom. The molecule has 2 unspecified atom stereocenters. The molecule has 0 radical (unpaired) electrons. The quantitative estimate of drug-likeness (QED) is 0.881. The molecule has 0 spiro atoms. The summed E-state index contributed by atoms with van der Waals surface area (Å²) in [6.07, 6.45) is 1.79. The minimum absolute atomic E-state index is 0.129. The predicted octanol–water partition coefficient (Wildman–Crippen LogP) is 1.24. The molecule has 6 heteroatoms. The van der Waals surface area contributed by atoms with Gasteiger partial charge < -0.3 is 14.6 Å². The zero-order valence-corrected chi connectivity index (χ0v) is 12.9. The fourth-order valence-electron chi connectivity index (χ4n) is 2.80. The summed E-state index contributed by atoms with van der Waals surface area (Å²) in [7, 11) is 3.55. The number of nitrogens with zero attached hydrogens (tertiary/aromatic N) is 2. The van der Waals surface area contributed by atoms with E-state index in [1.54, 1.807) is 13.3 Å². The fraction of sp³-hybridized carbons (Fsp3) is 0.600. The third kappa shape index (κ3) is 3.16. The molecule has 0 aromatic carbocycles. The second-order valence-electron chi connectivity index (χ2n) is 5.51. The van der Waals surface area contributed by atoms with Gasteiger partial charge in [0.1, 0.15) is 5.75 Å². The van der Waals surface area contributed by atoms with E-state index in [1.807, 2.05) is 25.8 Å². The van der Waals surface area contributed by atoms with Gasteiger partial charge in [0.25, 0.3) is 0 Å². The Hall–Kier alpha value is -1.66. The number of aryl methyl sites for hydroxylation is 1. The van der Waals surface area contributed by atoms with Crippen molar-refractivity contribution in [1.82, 2.24) is 9.88 Å². The van der Waals surface area contributed by atoms with Gasteiger partial charge in [0.2, 0.25) is 0 Å². The molecule has 0 amide bonds. The number of aliphatic carboxylic acids is 1. The first-order valence-electron chi connectivity index (χ1n) is 6.95. The standard InChI is InChI=1S/C15H22N2O4/c1-9-5-16-12(10(2)14(9)20-4)6-17(3)13-8-21-7-11(13)15(18)19/h5,11,13H,6-8H2,1-4H3,(H,18,19). The Labute approximate surface area is 124 Å². The van der Waals surface area contributed by atoms with Gasteiger partial charge in [-0.15, -0.1) is 0 Å². The van der Waals surface area contributed by atoms with Gasteiger partial charge in [-0.1, -0.05) is 0 Å². The molecule has 1 aromatic rings. The van der Waals surface area contributed by atoms with Crippen molar-refractivity contribution in [3.05, 3.63) is 23.0 Å². The van der Waals surface area contributed by atoms with E-state index in [2.05, 4.69) is 4.98 Å². The maximum absolute atomic E-state index is 11.2. The van der Waals surface area contributed by atoms with Crippen LogP contribution in [0.5, 0.6) is 5.75 Å². The zero-order valence-electron chi connectivity index (χ0n) is 12.9. The Bertz CT molecular complexity index is 533. The average Bonchev–Trinajstić information content (AvgIpc) is 2.92.